The molecule has 16 heavy (non-hydrogen) atoms. The van der Waals surface area contributed by atoms with E-state index < -0.39 is 0 Å². The number of allylic oxidation sites excluding steroid dienone is 1. The molecule has 0 unspecified atom stereocenters. The summed E-state index contributed by atoms with van der Waals surface area (Å²) in [4.78, 5) is 9.89. The SMILES string of the molecule is COC(C)OC.O=C/C=C\c1ccccc1. The highest BCUT2D eigenvalue weighted by Crippen LogP contribution is 1.99. The van der Waals surface area contributed by atoms with E-state index in [9.17, 15) is 4.79 Å². The first kappa shape index (κ1) is 14.6. The predicted molar refractivity (Wildman–Crippen MR) is 65.0 cm³/mol. The van der Waals surface area contributed by atoms with Crippen molar-refractivity contribution in [1.82, 2.24) is 0 Å². The standard InChI is InChI=1S/C9H8O.C4H10O2/c10-8-4-7-9-5-2-1-3-6-9;1-4(5-2)6-3/h1-8H;4H,1-3H3/b7-4-;. The van der Waals surface area contributed by atoms with Gasteiger partial charge in [0.15, 0.2) is 6.29 Å². The van der Waals surface area contributed by atoms with Gasteiger partial charge in [0.1, 0.15) is 6.29 Å². The van der Waals surface area contributed by atoms with E-state index in [2.05, 4.69) is 9.47 Å². The van der Waals surface area contributed by atoms with Crippen LogP contribution in [-0.4, -0.2) is 26.8 Å². The molecule has 1 aromatic rings. The largest absolute Gasteiger partial charge is 0.356 e. The zero-order valence-electron chi connectivity index (χ0n) is 9.92. The fourth-order valence-corrected chi connectivity index (χ4v) is 0.811. The van der Waals surface area contributed by atoms with Gasteiger partial charge in [0.05, 0.1) is 0 Å². The molecule has 0 aliphatic heterocycles. The van der Waals surface area contributed by atoms with Gasteiger partial charge >= 0.3 is 0 Å². The molecule has 3 heteroatoms. The van der Waals surface area contributed by atoms with Crippen molar-refractivity contribution < 1.29 is 14.3 Å². The van der Waals surface area contributed by atoms with Crippen molar-refractivity contribution in [1.29, 1.82) is 0 Å². The van der Waals surface area contributed by atoms with E-state index in [4.69, 9.17) is 0 Å². The van der Waals surface area contributed by atoms with E-state index >= 15 is 0 Å². The number of benzene rings is 1. The Hall–Kier alpha value is -1.45. The molecule has 0 aliphatic carbocycles. The molecule has 0 saturated carbocycles. The molecule has 1 rings (SSSR count). The summed E-state index contributed by atoms with van der Waals surface area (Å²) in [6, 6.07) is 9.70. The Bertz CT molecular complexity index is 289. The van der Waals surface area contributed by atoms with Crippen LogP contribution in [0.1, 0.15) is 12.5 Å². The fraction of sp³-hybridized carbons (Fsp3) is 0.308. The van der Waals surface area contributed by atoms with E-state index in [1.165, 1.54) is 6.08 Å². The van der Waals surface area contributed by atoms with Gasteiger partial charge in [-0.2, -0.15) is 0 Å². The van der Waals surface area contributed by atoms with Crippen LogP contribution in [0.2, 0.25) is 0 Å². The van der Waals surface area contributed by atoms with Crippen molar-refractivity contribution >= 4 is 12.4 Å². The van der Waals surface area contributed by atoms with Gasteiger partial charge in [-0.05, 0) is 18.6 Å². The van der Waals surface area contributed by atoms with Crippen LogP contribution < -0.4 is 0 Å². The minimum Gasteiger partial charge on any atom is -0.356 e. The summed E-state index contributed by atoms with van der Waals surface area (Å²) in [5.41, 5.74) is 1.05. The Kier molecular flexibility index (Phi) is 9.17. The average Bonchev–Trinajstić information content (AvgIpc) is 2.37. The third-order valence-electron chi connectivity index (χ3n) is 1.83. The van der Waals surface area contributed by atoms with Crippen LogP contribution in [0.5, 0.6) is 0 Å². The maximum atomic E-state index is 9.89. The summed E-state index contributed by atoms with van der Waals surface area (Å²) < 4.78 is 9.35. The predicted octanol–water partition coefficient (Wildman–Crippen LogP) is 2.52. The van der Waals surface area contributed by atoms with Gasteiger partial charge in [-0.3, -0.25) is 4.79 Å². The Balaban J connectivity index is 0.000000325. The lowest BCUT2D eigenvalue weighted by Crippen LogP contribution is -2.05. The number of hydrogen-bond donors (Lipinski definition) is 0. The van der Waals surface area contributed by atoms with Crippen molar-refractivity contribution in [2.45, 2.75) is 13.2 Å². The highest BCUT2D eigenvalue weighted by Gasteiger charge is 1.87. The van der Waals surface area contributed by atoms with Crippen molar-refractivity contribution in [3.05, 3.63) is 42.0 Å². The summed E-state index contributed by atoms with van der Waals surface area (Å²) in [5, 5.41) is 0. The maximum absolute atomic E-state index is 9.89. The summed E-state index contributed by atoms with van der Waals surface area (Å²) in [7, 11) is 3.21. The molecule has 0 fully saturated rings. The number of hydrogen-bond acceptors (Lipinski definition) is 3. The van der Waals surface area contributed by atoms with Crippen molar-refractivity contribution in [2.75, 3.05) is 14.2 Å². The molecule has 0 aliphatic rings. The molecule has 0 amide bonds. The lowest BCUT2D eigenvalue weighted by atomic mass is 10.2. The topological polar surface area (TPSA) is 35.5 Å². The molecule has 0 radical (unpaired) electrons. The zero-order chi connectivity index (χ0) is 12.2. The van der Waals surface area contributed by atoms with Crippen molar-refractivity contribution in [2.24, 2.45) is 0 Å². The monoisotopic (exact) mass is 222 g/mol. The van der Waals surface area contributed by atoms with Gasteiger partial charge in [0, 0.05) is 14.2 Å². The molecule has 1 aromatic carbocycles. The second kappa shape index (κ2) is 10.1. The molecule has 0 aromatic heterocycles. The van der Waals surface area contributed by atoms with E-state index in [-0.39, 0.29) is 6.29 Å². The summed E-state index contributed by atoms with van der Waals surface area (Å²) in [6.07, 6.45) is 3.96. The third-order valence-corrected chi connectivity index (χ3v) is 1.83. The summed E-state index contributed by atoms with van der Waals surface area (Å²) in [6.45, 7) is 1.83. The number of carbonyl (C=O) groups excluding carboxylic acids is 1. The number of ether oxygens (including phenoxy) is 2. The van der Waals surface area contributed by atoms with E-state index in [0.29, 0.717) is 0 Å². The van der Waals surface area contributed by atoms with Gasteiger partial charge in [-0.15, -0.1) is 0 Å². The van der Waals surface area contributed by atoms with Gasteiger partial charge in [-0.1, -0.05) is 36.4 Å². The first-order chi connectivity index (χ1) is 7.74. The van der Waals surface area contributed by atoms with Crippen LogP contribution in [0, 0.1) is 0 Å². The number of rotatable bonds is 4. The number of aldehydes is 1. The van der Waals surface area contributed by atoms with E-state index in [0.717, 1.165) is 11.8 Å². The molecule has 0 bridgehead atoms. The molecule has 88 valence electrons. The average molecular weight is 222 g/mol. The molecule has 3 nitrogen and oxygen atoms in total. The van der Waals surface area contributed by atoms with Crippen LogP contribution in [0.4, 0.5) is 0 Å². The molecular formula is C13H18O3. The Morgan fingerprint density at radius 2 is 1.69 bits per heavy atom. The Morgan fingerprint density at radius 1 is 1.12 bits per heavy atom. The van der Waals surface area contributed by atoms with Gasteiger partial charge in [-0.25, -0.2) is 0 Å². The highest BCUT2D eigenvalue weighted by atomic mass is 16.7. The van der Waals surface area contributed by atoms with Gasteiger partial charge in [0.25, 0.3) is 0 Å². The lowest BCUT2D eigenvalue weighted by molar-refractivity contribution is -0.104. The van der Waals surface area contributed by atoms with Crippen LogP contribution in [-0.2, 0) is 14.3 Å². The van der Waals surface area contributed by atoms with E-state index in [1.807, 2.05) is 37.3 Å². The van der Waals surface area contributed by atoms with Crippen molar-refractivity contribution in [3.63, 3.8) is 0 Å². The quantitative estimate of drug-likeness (QED) is 0.446. The normalized spacial score (nSPS) is 10.0. The Labute approximate surface area is 96.7 Å². The molecule has 0 N–H and O–H groups in total. The molecule has 0 spiro atoms. The molecular weight excluding hydrogens is 204 g/mol. The molecule has 0 saturated heterocycles. The van der Waals surface area contributed by atoms with Crippen LogP contribution >= 0.6 is 0 Å². The van der Waals surface area contributed by atoms with Crippen LogP contribution in [0.15, 0.2) is 36.4 Å². The lowest BCUT2D eigenvalue weighted by Gasteiger charge is -2.03. The zero-order valence-corrected chi connectivity index (χ0v) is 9.92. The molecule has 0 atom stereocenters. The smallest absolute Gasteiger partial charge is 0.154 e. The maximum Gasteiger partial charge on any atom is 0.154 e. The van der Waals surface area contributed by atoms with Crippen molar-refractivity contribution in [3.8, 4) is 0 Å². The van der Waals surface area contributed by atoms with Crippen LogP contribution in [0.3, 0.4) is 0 Å². The number of carbonyl (C=O) groups is 1. The first-order valence-corrected chi connectivity index (χ1v) is 4.97. The summed E-state index contributed by atoms with van der Waals surface area (Å²) in [5.74, 6) is 0. The second-order valence-electron chi connectivity index (χ2n) is 2.94. The summed E-state index contributed by atoms with van der Waals surface area (Å²) >= 11 is 0. The van der Waals surface area contributed by atoms with Crippen LogP contribution in [0.25, 0.3) is 6.08 Å². The van der Waals surface area contributed by atoms with Gasteiger partial charge < -0.3 is 9.47 Å². The number of methoxy groups -OCH3 is 2. The van der Waals surface area contributed by atoms with Gasteiger partial charge in [0.2, 0.25) is 0 Å². The third kappa shape index (κ3) is 7.91. The minimum absolute atomic E-state index is 0.0648. The highest BCUT2D eigenvalue weighted by molar-refractivity contribution is 5.73. The first-order valence-electron chi connectivity index (χ1n) is 4.97. The minimum atomic E-state index is -0.0648. The molecule has 0 heterocycles. The van der Waals surface area contributed by atoms with E-state index in [1.54, 1.807) is 20.3 Å². The second-order valence-corrected chi connectivity index (χ2v) is 2.94. The Morgan fingerprint density at radius 3 is 2.06 bits per heavy atom. The fourth-order valence-electron chi connectivity index (χ4n) is 0.811.